The van der Waals surface area contributed by atoms with Crippen LogP contribution in [0.2, 0.25) is 0 Å². The molecule has 1 aromatic rings. The van der Waals surface area contributed by atoms with Crippen molar-refractivity contribution in [2.45, 2.75) is 57.7 Å². The molecule has 0 unspecified atom stereocenters. The molecule has 2 atom stereocenters. The Kier molecular flexibility index (Phi) is 12.2. The number of aryl methyl sites for hydroxylation is 1. The van der Waals surface area contributed by atoms with E-state index in [-0.39, 0.29) is 31.3 Å². The van der Waals surface area contributed by atoms with Gasteiger partial charge in [-0.05, 0) is 55.9 Å². The maximum absolute atomic E-state index is 12.4. The fraction of sp³-hybridized carbons (Fsp3) is 0.455. The fourth-order valence-corrected chi connectivity index (χ4v) is 3.14. The number of carboxylic acid groups (broad SMARTS) is 3. The second-order valence-corrected chi connectivity index (χ2v) is 7.99. The van der Waals surface area contributed by atoms with Gasteiger partial charge in [0, 0.05) is 25.1 Å². The molecule has 0 saturated carbocycles. The standard InChI is InChI=1S/C22H32N6O8/c1-12-10-13(5-6-14(12)11-26-21(23)24)18(31)25-9-3-2-4-15(19(32)33)27-22(36)28-16(20(34)35)7-8-17(29)30/h5-6,10,15-16H,2-4,7-9,11H2,1H3,(H,25,31)(H,29,30)(H,32,33)(H,34,35)(H4,23,24,26)(H2,27,28,36)/t15-,16-/m0/s1. The highest BCUT2D eigenvalue weighted by atomic mass is 16.4. The molecule has 0 fully saturated rings. The van der Waals surface area contributed by atoms with Crippen molar-refractivity contribution in [3.63, 3.8) is 0 Å². The zero-order chi connectivity index (χ0) is 27.3. The number of carboxylic acids is 3. The Bertz CT molecular complexity index is 983. The first-order valence-corrected chi connectivity index (χ1v) is 11.1. The van der Waals surface area contributed by atoms with Gasteiger partial charge in [-0.15, -0.1) is 0 Å². The first-order valence-electron chi connectivity index (χ1n) is 11.1. The van der Waals surface area contributed by atoms with E-state index in [0.29, 0.717) is 24.9 Å². The quantitative estimate of drug-likeness (QED) is 0.0868. The van der Waals surface area contributed by atoms with Gasteiger partial charge in [-0.3, -0.25) is 15.0 Å². The summed E-state index contributed by atoms with van der Waals surface area (Å²) in [6, 6.07) is 1.29. The Morgan fingerprint density at radius 2 is 1.56 bits per heavy atom. The molecular weight excluding hydrogens is 476 g/mol. The van der Waals surface area contributed by atoms with Crippen molar-refractivity contribution in [2.75, 3.05) is 6.54 Å². The van der Waals surface area contributed by atoms with Gasteiger partial charge in [0.1, 0.15) is 12.1 Å². The smallest absolute Gasteiger partial charge is 0.326 e. The summed E-state index contributed by atoms with van der Waals surface area (Å²) < 4.78 is 0. The summed E-state index contributed by atoms with van der Waals surface area (Å²) in [6.45, 7) is 2.45. The van der Waals surface area contributed by atoms with Crippen molar-refractivity contribution < 1.29 is 39.3 Å². The van der Waals surface area contributed by atoms with Crippen molar-refractivity contribution in [3.05, 3.63) is 34.9 Å². The number of hydrogen-bond acceptors (Lipinski definition) is 6. The number of carbonyl (C=O) groups is 5. The van der Waals surface area contributed by atoms with Gasteiger partial charge in [-0.1, -0.05) is 6.07 Å². The van der Waals surface area contributed by atoms with Crippen LogP contribution in [-0.4, -0.2) is 69.8 Å². The molecule has 0 aliphatic heterocycles. The number of unbranched alkanes of at least 4 members (excludes halogenated alkanes) is 1. The van der Waals surface area contributed by atoms with E-state index in [4.69, 9.17) is 21.4 Å². The summed E-state index contributed by atoms with van der Waals surface area (Å²) in [5, 5.41) is 43.9. The average Bonchev–Trinajstić information content (AvgIpc) is 2.79. The van der Waals surface area contributed by atoms with E-state index in [1.807, 2.05) is 6.92 Å². The molecule has 36 heavy (non-hydrogen) atoms. The third kappa shape index (κ3) is 11.2. The molecule has 1 aromatic carbocycles. The topological polar surface area (TPSA) is 244 Å². The van der Waals surface area contributed by atoms with Crippen LogP contribution < -0.4 is 27.0 Å². The zero-order valence-electron chi connectivity index (χ0n) is 19.8. The molecule has 0 bridgehead atoms. The lowest BCUT2D eigenvalue weighted by atomic mass is 10.0. The van der Waals surface area contributed by atoms with Gasteiger partial charge < -0.3 is 42.3 Å². The van der Waals surface area contributed by atoms with Crippen molar-refractivity contribution in [2.24, 2.45) is 5.73 Å². The molecule has 14 heteroatoms. The van der Waals surface area contributed by atoms with Gasteiger partial charge >= 0.3 is 23.9 Å². The van der Waals surface area contributed by atoms with E-state index in [9.17, 15) is 29.1 Å². The number of carbonyl (C=O) groups excluding carboxylic acids is 2. The molecule has 0 aromatic heterocycles. The minimum absolute atomic E-state index is 0.0302. The lowest BCUT2D eigenvalue weighted by Gasteiger charge is -2.18. The first kappa shape index (κ1) is 29.7. The summed E-state index contributed by atoms with van der Waals surface area (Å²) in [6.07, 6.45) is -0.0377. The van der Waals surface area contributed by atoms with Gasteiger partial charge in [0.15, 0.2) is 5.96 Å². The number of nitrogens with two attached hydrogens (primary N) is 1. The van der Waals surface area contributed by atoms with Crippen molar-refractivity contribution in [1.82, 2.24) is 21.3 Å². The van der Waals surface area contributed by atoms with Crippen molar-refractivity contribution in [1.29, 1.82) is 5.41 Å². The van der Waals surface area contributed by atoms with Gasteiger partial charge in [0.2, 0.25) is 0 Å². The summed E-state index contributed by atoms with van der Waals surface area (Å²) in [4.78, 5) is 57.6. The molecule has 10 N–H and O–H groups in total. The highest BCUT2D eigenvalue weighted by Crippen LogP contribution is 2.11. The normalized spacial score (nSPS) is 12.0. The number of nitrogens with one attached hydrogen (secondary N) is 5. The maximum Gasteiger partial charge on any atom is 0.326 e. The molecule has 0 spiro atoms. The van der Waals surface area contributed by atoms with Crippen LogP contribution in [0, 0.1) is 12.3 Å². The van der Waals surface area contributed by atoms with Crippen LogP contribution in [0.1, 0.15) is 53.6 Å². The third-order valence-corrected chi connectivity index (χ3v) is 5.13. The maximum atomic E-state index is 12.4. The van der Waals surface area contributed by atoms with E-state index in [2.05, 4.69) is 21.3 Å². The van der Waals surface area contributed by atoms with Crippen LogP contribution in [0.15, 0.2) is 18.2 Å². The van der Waals surface area contributed by atoms with Crippen molar-refractivity contribution >= 4 is 35.8 Å². The average molecular weight is 509 g/mol. The number of urea groups is 1. The number of hydrogen-bond donors (Lipinski definition) is 9. The second-order valence-electron chi connectivity index (χ2n) is 7.99. The summed E-state index contributed by atoms with van der Waals surface area (Å²) >= 11 is 0. The highest BCUT2D eigenvalue weighted by Gasteiger charge is 2.24. The minimum atomic E-state index is -1.48. The number of benzene rings is 1. The van der Waals surface area contributed by atoms with E-state index >= 15 is 0 Å². The number of guanidine groups is 1. The molecule has 3 amide bonds. The lowest BCUT2D eigenvalue weighted by Crippen LogP contribution is -2.51. The Labute approximate surface area is 207 Å². The van der Waals surface area contributed by atoms with Crippen LogP contribution in [0.25, 0.3) is 0 Å². The SMILES string of the molecule is Cc1cc(C(=O)NCCCC[C@H](NC(=O)N[C@@H](CCC(=O)O)C(=O)O)C(=O)O)ccc1CNC(=N)N. The van der Waals surface area contributed by atoms with Gasteiger partial charge in [0.05, 0.1) is 0 Å². The molecule has 14 nitrogen and oxygen atoms in total. The van der Waals surface area contributed by atoms with E-state index in [0.717, 1.165) is 11.1 Å². The third-order valence-electron chi connectivity index (χ3n) is 5.13. The molecule has 0 aliphatic rings. The highest BCUT2D eigenvalue weighted by molar-refractivity contribution is 5.94. The first-order chi connectivity index (χ1) is 16.9. The molecule has 0 aliphatic carbocycles. The molecular formula is C22H32N6O8. The Morgan fingerprint density at radius 1 is 0.944 bits per heavy atom. The molecule has 0 heterocycles. The minimum Gasteiger partial charge on any atom is -0.481 e. The predicted octanol–water partition coefficient (Wildman–Crippen LogP) is -0.0514. The van der Waals surface area contributed by atoms with Crippen LogP contribution in [0.3, 0.4) is 0 Å². The van der Waals surface area contributed by atoms with Crippen LogP contribution >= 0.6 is 0 Å². The zero-order valence-corrected chi connectivity index (χ0v) is 19.8. The molecule has 0 radical (unpaired) electrons. The largest absolute Gasteiger partial charge is 0.481 e. The fourth-order valence-electron chi connectivity index (χ4n) is 3.14. The van der Waals surface area contributed by atoms with E-state index in [1.54, 1.807) is 18.2 Å². The predicted molar refractivity (Wildman–Crippen MR) is 128 cm³/mol. The summed E-state index contributed by atoms with van der Waals surface area (Å²) in [5.74, 6) is -4.45. The number of amides is 3. The Balaban J connectivity index is 2.47. The summed E-state index contributed by atoms with van der Waals surface area (Å²) in [5.41, 5.74) is 7.44. The van der Waals surface area contributed by atoms with E-state index < -0.39 is 42.4 Å². The van der Waals surface area contributed by atoms with Gasteiger partial charge in [-0.2, -0.15) is 0 Å². The summed E-state index contributed by atoms with van der Waals surface area (Å²) in [7, 11) is 0. The van der Waals surface area contributed by atoms with Crippen LogP contribution in [-0.2, 0) is 20.9 Å². The Hall–Kier alpha value is -4.36. The molecule has 198 valence electrons. The molecule has 1 rings (SSSR count). The molecule has 0 saturated heterocycles. The van der Waals surface area contributed by atoms with Gasteiger partial charge in [0.25, 0.3) is 5.91 Å². The monoisotopic (exact) mass is 508 g/mol. The van der Waals surface area contributed by atoms with Crippen LogP contribution in [0.5, 0.6) is 0 Å². The number of rotatable bonds is 15. The number of aliphatic carboxylic acids is 3. The lowest BCUT2D eigenvalue weighted by molar-refractivity contribution is -0.140. The Morgan fingerprint density at radius 3 is 2.08 bits per heavy atom. The van der Waals surface area contributed by atoms with Crippen LogP contribution in [0.4, 0.5) is 4.79 Å². The van der Waals surface area contributed by atoms with Crippen molar-refractivity contribution in [3.8, 4) is 0 Å². The van der Waals surface area contributed by atoms with E-state index in [1.165, 1.54) is 0 Å². The second kappa shape index (κ2) is 14.8. The van der Waals surface area contributed by atoms with Gasteiger partial charge in [-0.25, -0.2) is 14.4 Å².